The molecule has 1 aliphatic heterocycles. The number of nitrogens with one attached hydrogen (secondary N) is 1. The standard InChI is InChI=1S/C15H20FN3/c1-3-19-13-9-11(16)6-7-12(13)18-15(19)14-10(2)5-4-8-17-14/h6-7,9-10,14,17H,3-5,8H2,1-2H3. The molecule has 3 rings (SSSR count). The minimum atomic E-state index is -0.196. The first-order valence-corrected chi connectivity index (χ1v) is 7.09. The minimum Gasteiger partial charge on any atom is -0.327 e. The summed E-state index contributed by atoms with van der Waals surface area (Å²) >= 11 is 0. The Labute approximate surface area is 112 Å². The van der Waals surface area contributed by atoms with Gasteiger partial charge in [0, 0.05) is 6.54 Å². The van der Waals surface area contributed by atoms with Crippen LogP contribution in [0.1, 0.15) is 38.6 Å². The van der Waals surface area contributed by atoms with Gasteiger partial charge in [-0.1, -0.05) is 6.92 Å². The van der Waals surface area contributed by atoms with E-state index in [1.54, 1.807) is 12.1 Å². The van der Waals surface area contributed by atoms with Gasteiger partial charge in [-0.25, -0.2) is 9.37 Å². The Bertz CT molecular complexity index is 590. The van der Waals surface area contributed by atoms with Gasteiger partial charge in [0.1, 0.15) is 11.6 Å². The Balaban J connectivity index is 2.12. The van der Waals surface area contributed by atoms with E-state index in [1.807, 2.05) is 0 Å². The van der Waals surface area contributed by atoms with Gasteiger partial charge in [0.15, 0.2) is 0 Å². The summed E-state index contributed by atoms with van der Waals surface area (Å²) in [5, 5.41) is 3.56. The molecule has 0 spiro atoms. The van der Waals surface area contributed by atoms with Crippen LogP contribution in [0.4, 0.5) is 4.39 Å². The first-order valence-electron chi connectivity index (χ1n) is 7.09. The molecule has 2 unspecified atom stereocenters. The molecule has 0 saturated carbocycles. The molecule has 1 N–H and O–H groups in total. The monoisotopic (exact) mass is 261 g/mol. The quantitative estimate of drug-likeness (QED) is 0.899. The topological polar surface area (TPSA) is 29.9 Å². The van der Waals surface area contributed by atoms with Crippen LogP contribution in [-0.4, -0.2) is 16.1 Å². The number of aromatic nitrogens is 2. The van der Waals surface area contributed by atoms with Crippen molar-refractivity contribution in [1.82, 2.24) is 14.9 Å². The second kappa shape index (κ2) is 4.93. The Morgan fingerprint density at radius 2 is 2.32 bits per heavy atom. The summed E-state index contributed by atoms with van der Waals surface area (Å²) in [4.78, 5) is 4.73. The number of hydrogen-bond acceptors (Lipinski definition) is 2. The summed E-state index contributed by atoms with van der Waals surface area (Å²) in [6.07, 6.45) is 2.44. The van der Waals surface area contributed by atoms with Crippen molar-refractivity contribution in [3.8, 4) is 0 Å². The van der Waals surface area contributed by atoms with Crippen molar-refractivity contribution in [2.75, 3.05) is 6.54 Å². The van der Waals surface area contributed by atoms with Crippen molar-refractivity contribution >= 4 is 11.0 Å². The molecule has 0 bridgehead atoms. The van der Waals surface area contributed by atoms with Crippen molar-refractivity contribution < 1.29 is 4.39 Å². The minimum absolute atomic E-state index is 0.196. The number of hydrogen-bond donors (Lipinski definition) is 1. The van der Waals surface area contributed by atoms with E-state index in [9.17, 15) is 4.39 Å². The Kier molecular flexibility index (Phi) is 3.27. The number of imidazole rings is 1. The molecule has 1 fully saturated rings. The van der Waals surface area contributed by atoms with E-state index >= 15 is 0 Å². The predicted molar refractivity (Wildman–Crippen MR) is 74.5 cm³/mol. The number of aryl methyl sites for hydroxylation is 1. The highest BCUT2D eigenvalue weighted by molar-refractivity contribution is 5.76. The van der Waals surface area contributed by atoms with E-state index in [0.717, 1.165) is 29.9 Å². The second-order valence-corrected chi connectivity index (χ2v) is 5.40. The lowest BCUT2D eigenvalue weighted by atomic mass is 9.92. The van der Waals surface area contributed by atoms with Gasteiger partial charge in [-0.2, -0.15) is 0 Å². The molecule has 1 aliphatic rings. The summed E-state index contributed by atoms with van der Waals surface area (Å²) in [6.45, 7) is 6.20. The highest BCUT2D eigenvalue weighted by Gasteiger charge is 2.27. The zero-order chi connectivity index (χ0) is 13.4. The van der Waals surface area contributed by atoms with Gasteiger partial charge >= 0.3 is 0 Å². The van der Waals surface area contributed by atoms with E-state index < -0.39 is 0 Å². The highest BCUT2D eigenvalue weighted by Crippen LogP contribution is 2.30. The number of nitrogens with zero attached hydrogens (tertiary/aromatic N) is 2. The molecule has 3 nitrogen and oxygen atoms in total. The van der Waals surface area contributed by atoms with Crippen molar-refractivity contribution in [3.63, 3.8) is 0 Å². The summed E-state index contributed by atoms with van der Waals surface area (Å²) in [5.41, 5.74) is 1.79. The summed E-state index contributed by atoms with van der Waals surface area (Å²) in [6, 6.07) is 5.12. The maximum atomic E-state index is 13.4. The van der Waals surface area contributed by atoms with E-state index in [0.29, 0.717) is 5.92 Å². The smallest absolute Gasteiger partial charge is 0.127 e. The Hall–Kier alpha value is -1.42. The summed E-state index contributed by atoms with van der Waals surface area (Å²) in [5.74, 6) is 1.43. The van der Waals surface area contributed by atoms with Crippen molar-refractivity contribution in [1.29, 1.82) is 0 Å². The number of benzene rings is 1. The molecular weight excluding hydrogens is 241 g/mol. The average molecular weight is 261 g/mol. The molecule has 0 aliphatic carbocycles. The largest absolute Gasteiger partial charge is 0.327 e. The van der Waals surface area contributed by atoms with Crippen LogP contribution in [0.5, 0.6) is 0 Å². The lowest BCUT2D eigenvalue weighted by Crippen LogP contribution is -2.34. The third-order valence-corrected chi connectivity index (χ3v) is 4.10. The third-order valence-electron chi connectivity index (χ3n) is 4.10. The van der Waals surface area contributed by atoms with Gasteiger partial charge in [0.05, 0.1) is 17.1 Å². The van der Waals surface area contributed by atoms with Crippen LogP contribution >= 0.6 is 0 Å². The van der Waals surface area contributed by atoms with Gasteiger partial charge < -0.3 is 9.88 Å². The lowest BCUT2D eigenvalue weighted by Gasteiger charge is -2.29. The normalized spacial score (nSPS) is 23.9. The van der Waals surface area contributed by atoms with Crippen LogP contribution in [0.3, 0.4) is 0 Å². The molecule has 102 valence electrons. The Morgan fingerprint density at radius 3 is 3.05 bits per heavy atom. The second-order valence-electron chi connectivity index (χ2n) is 5.40. The van der Waals surface area contributed by atoms with Crippen LogP contribution in [0.15, 0.2) is 18.2 Å². The molecule has 19 heavy (non-hydrogen) atoms. The number of piperidine rings is 1. The van der Waals surface area contributed by atoms with Crippen LogP contribution in [0.2, 0.25) is 0 Å². The van der Waals surface area contributed by atoms with Crippen molar-refractivity contribution in [2.24, 2.45) is 5.92 Å². The van der Waals surface area contributed by atoms with E-state index in [2.05, 4.69) is 23.7 Å². The van der Waals surface area contributed by atoms with E-state index in [4.69, 9.17) is 4.98 Å². The van der Waals surface area contributed by atoms with Gasteiger partial charge in [-0.15, -0.1) is 0 Å². The van der Waals surface area contributed by atoms with Crippen LogP contribution in [0.25, 0.3) is 11.0 Å². The Morgan fingerprint density at radius 1 is 1.47 bits per heavy atom. The maximum Gasteiger partial charge on any atom is 0.127 e. The van der Waals surface area contributed by atoms with Gasteiger partial charge in [0.25, 0.3) is 0 Å². The fourth-order valence-corrected chi connectivity index (χ4v) is 3.08. The molecule has 0 amide bonds. The lowest BCUT2D eigenvalue weighted by molar-refractivity contribution is 0.289. The molecule has 2 atom stereocenters. The average Bonchev–Trinajstić information content (AvgIpc) is 2.76. The molecule has 1 saturated heterocycles. The number of halogens is 1. The predicted octanol–water partition coefficient (Wildman–Crippen LogP) is 3.26. The first-order chi connectivity index (χ1) is 9.20. The third kappa shape index (κ3) is 2.14. The summed E-state index contributed by atoms with van der Waals surface area (Å²) < 4.78 is 15.6. The first kappa shape index (κ1) is 12.6. The zero-order valence-corrected chi connectivity index (χ0v) is 11.5. The molecule has 1 aromatic carbocycles. The van der Waals surface area contributed by atoms with Crippen molar-refractivity contribution in [3.05, 3.63) is 29.8 Å². The van der Waals surface area contributed by atoms with Gasteiger partial charge in [-0.3, -0.25) is 0 Å². The molecular formula is C15H20FN3. The highest BCUT2D eigenvalue weighted by atomic mass is 19.1. The zero-order valence-electron chi connectivity index (χ0n) is 11.5. The molecule has 1 aromatic heterocycles. The summed E-state index contributed by atoms with van der Waals surface area (Å²) in [7, 11) is 0. The van der Waals surface area contributed by atoms with Crippen LogP contribution < -0.4 is 5.32 Å². The maximum absolute atomic E-state index is 13.4. The van der Waals surface area contributed by atoms with Gasteiger partial charge in [0.2, 0.25) is 0 Å². The molecule has 2 aromatic rings. The van der Waals surface area contributed by atoms with Crippen molar-refractivity contribution in [2.45, 2.75) is 39.3 Å². The fourth-order valence-electron chi connectivity index (χ4n) is 3.08. The molecule has 2 heterocycles. The van der Waals surface area contributed by atoms with Gasteiger partial charge in [-0.05, 0) is 50.4 Å². The number of rotatable bonds is 2. The van der Waals surface area contributed by atoms with Crippen LogP contribution in [-0.2, 0) is 6.54 Å². The number of fused-ring (bicyclic) bond motifs is 1. The van der Waals surface area contributed by atoms with E-state index in [-0.39, 0.29) is 11.9 Å². The molecule has 0 radical (unpaired) electrons. The molecule has 4 heteroatoms. The van der Waals surface area contributed by atoms with E-state index in [1.165, 1.54) is 18.9 Å². The SMILES string of the molecule is CCn1c(C2NCCCC2C)nc2ccc(F)cc21. The van der Waals surface area contributed by atoms with Crippen LogP contribution in [0, 0.1) is 11.7 Å². The fraction of sp³-hybridized carbons (Fsp3) is 0.533.